The van der Waals surface area contributed by atoms with E-state index < -0.39 is 0 Å². The first-order chi connectivity index (χ1) is 9.63. The fourth-order valence-electron chi connectivity index (χ4n) is 2.04. The first-order valence-electron chi connectivity index (χ1n) is 5.93. The molecule has 4 nitrogen and oxygen atoms in total. The molecule has 0 bridgehead atoms. The van der Waals surface area contributed by atoms with Crippen LogP contribution in [0.5, 0.6) is 0 Å². The van der Waals surface area contributed by atoms with Crippen molar-refractivity contribution in [1.29, 1.82) is 0 Å². The summed E-state index contributed by atoms with van der Waals surface area (Å²) >= 11 is 7.59. The number of benzene rings is 2. The third-order valence-corrected chi connectivity index (χ3v) is 4.21. The summed E-state index contributed by atoms with van der Waals surface area (Å²) in [5.74, 6) is 0. The molecule has 0 amide bonds. The first kappa shape index (κ1) is 13.0. The highest BCUT2D eigenvalue weighted by Gasteiger charge is 2.13. The van der Waals surface area contributed by atoms with E-state index in [0.717, 1.165) is 20.8 Å². The first-order valence-corrected chi connectivity index (χ1v) is 7.19. The van der Waals surface area contributed by atoms with Crippen LogP contribution < -0.4 is 4.57 Å². The monoisotopic (exact) mass is 305 g/mol. The Kier molecular flexibility index (Phi) is 3.38. The van der Waals surface area contributed by atoms with Crippen molar-refractivity contribution < 1.29 is 9.49 Å². The van der Waals surface area contributed by atoms with Crippen molar-refractivity contribution in [2.45, 2.75) is 6.54 Å². The van der Waals surface area contributed by atoms with Gasteiger partial charge in [0, 0.05) is 28.8 Å². The quantitative estimate of drug-likeness (QED) is 0.420. The lowest BCUT2D eigenvalue weighted by Crippen LogP contribution is -2.31. The van der Waals surface area contributed by atoms with Crippen molar-refractivity contribution in [2.75, 3.05) is 0 Å². The molecular formula is C14H10ClN2O2S+. The number of rotatable bonds is 3. The highest BCUT2D eigenvalue weighted by atomic mass is 35.5. The second kappa shape index (κ2) is 5.19. The summed E-state index contributed by atoms with van der Waals surface area (Å²) in [6.45, 7) is 0.680. The average molecular weight is 306 g/mol. The topological polar surface area (TPSA) is 47.0 Å². The Labute approximate surface area is 124 Å². The van der Waals surface area contributed by atoms with Gasteiger partial charge in [0.15, 0.2) is 6.54 Å². The smallest absolute Gasteiger partial charge is 0.258 e. The minimum Gasteiger partial charge on any atom is -0.258 e. The maximum absolute atomic E-state index is 10.6. The zero-order chi connectivity index (χ0) is 14.1. The zero-order valence-corrected chi connectivity index (χ0v) is 11.9. The van der Waals surface area contributed by atoms with Crippen LogP contribution in [0.25, 0.3) is 10.2 Å². The van der Waals surface area contributed by atoms with E-state index in [9.17, 15) is 10.1 Å². The molecular weight excluding hydrogens is 296 g/mol. The molecule has 0 radical (unpaired) electrons. The van der Waals surface area contributed by atoms with Gasteiger partial charge in [-0.3, -0.25) is 10.1 Å². The van der Waals surface area contributed by atoms with Crippen molar-refractivity contribution in [3.63, 3.8) is 0 Å². The van der Waals surface area contributed by atoms with Gasteiger partial charge >= 0.3 is 0 Å². The number of hydrogen-bond acceptors (Lipinski definition) is 3. The van der Waals surface area contributed by atoms with Crippen molar-refractivity contribution in [3.8, 4) is 0 Å². The zero-order valence-electron chi connectivity index (χ0n) is 10.3. The summed E-state index contributed by atoms with van der Waals surface area (Å²) in [6, 6.07) is 12.4. The molecule has 0 aliphatic heterocycles. The van der Waals surface area contributed by atoms with Crippen LogP contribution in [0.15, 0.2) is 48.0 Å². The molecule has 0 atom stereocenters. The highest BCUT2D eigenvalue weighted by Crippen LogP contribution is 2.21. The van der Waals surface area contributed by atoms with E-state index in [0.29, 0.717) is 6.54 Å². The van der Waals surface area contributed by atoms with E-state index in [1.54, 1.807) is 23.5 Å². The number of aromatic nitrogens is 1. The van der Waals surface area contributed by atoms with Gasteiger partial charge in [0.25, 0.3) is 5.69 Å². The van der Waals surface area contributed by atoms with Crippen LogP contribution in [-0.2, 0) is 6.54 Å². The molecule has 3 aromatic rings. The van der Waals surface area contributed by atoms with E-state index in [-0.39, 0.29) is 10.6 Å². The molecule has 0 aliphatic rings. The molecule has 0 fully saturated rings. The van der Waals surface area contributed by atoms with Gasteiger partial charge in [-0.05, 0) is 24.3 Å². The van der Waals surface area contributed by atoms with E-state index >= 15 is 0 Å². The number of nitro benzene ring substituents is 1. The van der Waals surface area contributed by atoms with Gasteiger partial charge in [-0.25, -0.2) is 0 Å². The van der Waals surface area contributed by atoms with Gasteiger partial charge in [0.1, 0.15) is 4.70 Å². The second-order valence-electron chi connectivity index (χ2n) is 4.39. The third kappa shape index (κ3) is 2.50. The molecule has 3 rings (SSSR count). The summed E-state index contributed by atoms with van der Waals surface area (Å²) in [6.07, 6.45) is 0. The van der Waals surface area contributed by atoms with Crippen LogP contribution in [0.4, 0.5) is 5.69 Å². The van der Waals surface area contributed by atoms with E-state index in [1.165, 1.54) is 12.1 Å². The van der Waals surface area contributed by atoms with Crippen molar-refractivity contribution in [1.82, 2.24) is 0 Å². The standard InChI is InChI=1S/C14H10ClN2O2S/c15-11-3-6-13-14(7-11)20-9-16(13)8-10-1-4-12(5-2-10)17(18)19/h1-7,9H,8H2/q+1. The predicted octanol–water partition coefficient (Wildman–Crippen LogP) is 3.80. The van der Waals surface area contributed by atoms with E-state index in [2.05, 4.69) is 4.57 Å². The van der Waals surface area contributed by atoms with Crippen LogP contribution in [0.3, 0.4) is 0 Å². The van der Waals surface area contributed by atoms with Gasteiger partial charge in [-0.1, -0.05) is 22.9 Å². The summed E-state index contributed by atoms with van der Waals surface area (Å²) in [5, 5.41) is 11.3. The van der Waals surface area contributed by atoms with Crippen LogP contribution in [0.2, 0.25) is 5.02 Å². The number of halogens is 1. The lowest BCUT2D eigenvalue weighted by atomic mass is 10.2. The average Bonchev–Trinajstić information content (AvgIpc) is 2.81. The molecule has 0 spiro atoms. The molecule has 2 aromatic carbocycles. The van der Waals surface area contributed by atoms with Gasteiger partial charge in [-0.2, -0.15) is 4.57 Å². The van der Waals surface area contributed by atoms with Gasteiger partial charge in [-0.15, -0.1) is 0 Å². The van der Waals surface area contributed by atoms with E-state index in [1.807, 2.05) is 23.7 Å². The van der Waals surface area contributed by atoms with Gasteiger partial charge in [0.05, 0.1) is 4.92 Å². The van der Waals surface area contributed by atoms with Crippen LogP contribution in [-0.4, -0.2) is 4.92 Å². The number of thiazole rings is 1. The Morgan fingerprint density at radius 2 is 1.95 bits per heavy atom. The maximum Gasteiger partial charge on any atom is 0.269 e. The molecule has 100 valence electrons. The SMILES string of the molecule is O=[N+]([O-])c1ccc(C[n+]2csc3cc(Cl)ccc32)cc1. The minimum absolute atomic E-state index is 0.112. The Balaban J connectivity index is 1.91. The summed E-state index contributed by atoms with van der Waals surface area (Å²) in [5.41, 5.74) is 4.27. The summed E-state index contributed by atoms with van der Waals surface area (Å²) in [4.78, 5) is 10.2. The van der Waals surface area contributed by atoms with Crippen LogP contribution in [0, 0.1) is 10.1 Å². The molecule has 0 saturated carbocycles. The Morgan fingerprint density at radius 3 is 2.65 bits per heavy atom. The summed E-state index contributed by atoms with van der Waals surface area (Å²) in [7, 11) is 0. The molecule has 0 saturated heterocycles. The lowest BCUT2D eigenvalue weighted by Gasteiger charge is -1.97. The highest BCUT2D eigenvalue weighted by molar-refractivity contribution is 7.16. The maximum atomic E-state index is 10.6. The molecule has 1 aromatic heterocycles. The number of non-ortho nitro benzene ring substituents is 1. The van der Waals surface area contributed by atoms with Crippen molar-refractivity contribution in [3.05, 3.63) is 68.7 Å². The third-order valence-electron chi connectivity index (χ3n) is 3.04. The number of fused-ring (bicyclic) bond motifs is 1. The van der Waals surface area contributed by atoms with Crippen LogP contribution in [0.1, 0.15) is 5.56 Å². The fourth-order valence-corrected chi connectivity index (χ4v) is 3.21. The predicted molar refractivity (Wildman–Crippen MR) is 79.2 cm³/mol. The lowest BCUT2D eigenvalue weighted by molar-refractivity contribution is -0.658. The Morgan fingerprint density at radius 1 is 1.20 bits per heavy atom. The summed E-state index contributed by atoms with van der Waals surface area (Å²) < 4.78 is 3.23. The fraction of sp³-hybridized carbons (Fsp3) is 0.0714. The van der Waals surface area contributed by atoms with Gasteiger partial charge in [0.2, 0.25) is 11.0 Å². The minimum atomic E-state index is -0.390. The second-order valence-corrected chi connectivity index (χ2v) is 5.71. The van der Waals surface area contributed by atoms with Crippen LogP contribution >= 0.6 is 22.9 Å². The Bertz CT molecular complexity index is 783. The molecule has 6 heteroatoms. The number of hydrogen-bond donors (Lipinski definition) is 0. The van der Waals surface area contributed by atoms with E-state index in [4.69, 9.17) is 11.6 Å². The molecule has 1 heterocycles. The van der Waals surface area contributed by atoms with Gasteiger partial charge < -0.3 is 0 Å². The van der Waals surface area contributed by atoms with Crippen molar-refractivity contribution >= 4 is 38.8 Å². The van der Waals surface area contributed by atoms with Crippen molar-refractivity contribution in [2.24, 2.45) is 0 Å². The number of nitrogens with zero attached hydrogens (tertiary/aromatic N) is 2. The number of nitro groups is 1. The molecule has 0 N–H and O–H groups in total. The molecule has 20 heavy (non-hydrogen) atoms. The largest absolute Gasteiger partial charge is 0.269 e. The molecule has 0 unspecified atom stereocenters. The molecule has 0 aliphatic carbocycles. The Hall–Kier alpha value is -1.98. The normalized spacial score (nSPS) is 10.8.